The fraction of sp³-hybridized carbons (Fsp3) is 0.500. The monoisotopic (exact) mass is 401 g/mol. The van der Waals surface area contributed by atoms with E-state index >= 15 is 0 Å². The molecule has 2 aromatic heterocycles. The third-order valence-electron chi connectivity index (χ3n) is 4.95. The molecule has 1 atom stereocenters. The van der Waals surface area contributed by atoms with Crippen LogP contribution in [0, 0.1) is 25.2 Å². The minimum Gasteiger partial charge on any atom is -0.452 e. The van der Waals surface area contributed by atoms with Crippen LogP contribution in [0.1, 0.15) is 59.2 Å². The number of esters is 1. The van der Waals surface area contributed by atoms with Gasteiger partial charge in [0.1, 0.15) is 16.8 Å². The van der Waals surface area contributed by atoms with Crippen LogP contribution < -0.4 is 5.32 Å². The number of thiophene rings is 1. The van der Waals surface area contributed by atoms with E-state index in [0.29, 0.717) is 27.6 Å². The van der Waals surface area contributed by atoms with Gasteiger partial charge >= 0.3 is 5.97 Å². The van der Waals surface area contributed by atoms with Crippen LogP contribution in [0.5, 0.6) is 0 Å². The van der Waals surface area contributed by atoms with Gasteiger partial charge in [-0.25, -0.2) is 0 Å². The Bertz CT molecular complexity index is 919. The summed E-state index contributed by atoms with van der Waals surface area (Å²) in [6, 6.07) is 2.23. The van der Waals surface area contributed by atoms with Gasteiger partial charge in [0.15, 0.2) is 6.10 Å². The van der Waals surface area contributed by atoms with Crippen molar-refractivity contribution >= 4 is 28.2 Å². The van der Waals surface area contributed by atoms with Crippen molar-refractivity contribution in [2.45, 2.75) is 65.4 Å². The zero-order valence-electron chi connectivity index (χ0n) is 16.3. The van der Waals surface area contributed by atoms with Crippen LogP contribution in [0.3, 0.4) is 0 Å². The maximum absolute atomic E-state index is 12.5. The van der Waals surface area contributed by atoms with E-state index in [-0.39, 0.29) is 6.42 Å². The van der Waals surface area contributed by atoms with Gasteiger partial charge in [-0.05, 0) is 52.0 Å². The van der Waals surface area contributed by atoms with Crippen molar-refractivity contribution in [2.75, 3.05) is 5.32 Å². The number of aryl methyl sites for hydroxylation is 3. The van der Waals surface area contributed by atoms with Crippen LogP contribution in [-0.4, -0.2) is 23.1 Å². The summed E-state index contributed by atoms with van der Waals surface area (Å²) in [6.45, 7) is 4.99. The number of nitriles is 1. The number of ether oxygens (including phenoxy) is 1. The zero-order valence-corrected chi connectivity index (χ0v) is 17.1. The molecular formula is C20H23N3O4S. The number of anilines is 1. The second-order valence-electron chi connectivity index (χ2n) is 6.98. The van der Waals surface area contributed by atoms with Crippen molar-refractivity contribution in [1.29, 1.82) is 5.26 Å². The molecule has 3 rings (SSSR count). The number of aromatic nitrogens is 1. The Hall–Kier alpha value is -2.66. The Morgan fingerprint density at radius 1 is 1.32 bits per heavy atom. The molecule has 0 aromatic carbocycles. The van der Waals surface area contributed by atoms with Crippen molar-refractivity contribution in [1.82, 2.24) is 5.16 Å². The number of hydrogen-bond donors (Lipinski definition) is 1. The first-order valence-corrected chi connectivity index (χ1v) is 10.2. The lowest BCUT2D eigenvalue weighted by Crippen LogP contribution is -2.30. The SMILES string of the molecule is Cc1noc(C)c1CC(=O)OC(C)C(=O)Nc1sc2c(c1C#N)CCCCC2. The predicted octanol–water partition coefficient (Wildman–Crippen LogP) is 3.61. The molecule has 0 bridgehead atoms. The van der Waals surface area contributed by atoms with Gasteiger partial charge in [-0.1, -0.05) is 11.6 Å². The highest BCUT2D eigenvalue weighted by molar-refractivity contribution is 7.16. The van der Waals surface area contributed by atoms with Gasteiger partial charge in [-0.15, -0.1) is 11.3 Å². The number of hydrogen-bond acceptors (Lipinski definition) is 7. The van der Waals surface area contributed by atoms with Gasteiger partial charge in [0.05, 0.1) is 17.7 Å². The average Bonchev–Trinajstić information content (AvgIpc) is 3.04. The first-order chi connectivity index (χ1) is 13.4. The van der Waals surface area contributed by atoms with Crippen molar-refractivity contribution in [3.8, 4) is 6.07 Å². The molecule has 1 unspecified atom stereocenters. The summed E-state index contributed by atoms with van der Waals surface area (Å²) in [5.41, 5.74) is 2.91. The Kier molecular flexibility index (Phi) is 6.15. The van der Waals surface area contributed by atoms with Gasteiger partial charge in [0.2, 0.25) is 0 Å². The normalized spacial score (nSPS) is 14.5. The molecule has 0 fully saturated rings. The summed E-state index contributed by atoms with van der Waals surface area (Å²) in [6.07, 6.45) is 4.14. The van der Waals surface area contributed by atoms with Crippen molar-refractivity contribution in [2.24, 2.45) is 0 Å². The molecule has 148 valence electrons. The van der Waals surface area contributed by atoms with Crippen LogP contribution in [-0.2, 0) is 33.6 Å². The van der Waals surface area contributed by atoms with Crippen LogP contribution >= 0.6 is 11.3 Å². The molecule has 1 amide bonds. The van der Waals surface area contributed by atoms with Gasteiger partial charge in [-0.2, -0.15) is 5.26 Å². The van der Waals surface area contributed by atoms with E-state index in [1.54, 1.807) is 13.8 Å². The fourth-order valence-corrected chi connectivity index (χ4v) is 4.60. The van der Waals surface area contributed by atoms with E-state index in [2.05, 4.69) is 16.5 Å². The minimum atomic E-state index is -0.971. The predicted molar refractivity (Wildman–Crippen MR) is 104 cm³/mol. The van der Waals surface area contributed by atoms with E-state index in [0.717, 1.165) is 37.7 Å². The molecule has 0 saturated heterocycles. The molecule has 28 heavy (non-hydrogen) atoms. The van der Waals surface area contributed by atoms with E-state index in [4.69, 9.17) is 9.26 Å². The number of rotatable bonds is 5. The van der Waals surface area contributed by atoms with Gasteiger partial charge < -0.3 is 14.6 Å². The molecule has 7 nitrogen and oxygen atoms in total. The first kappa shape index (κ1) is 20.1. The Balaban J connectivity index is 1.64. The molecule has 0 saturated carbocycles. The summed E-state index contributed by atoms with van der Waals surface area (Å²) < 4.78 is 10.3. The summed E-state index contributed by atoms with van der Waals surface area (Å²) in [4.78, 5) is 25.9. The van der Waals surface area contributed by atoms with E-state index in [1.165, 1.54) is 23.1 Å². The first-order valence-electron chi connectivity index (χ1n) is 9.37. The minimum absolute atomic E-state index is 0.00443. The highest BCUT2D eigenvalue weighted by atomic mass is 32.1. The molecule has 1 N–H and O–H groups in total. The third kappa shape index (κ3) is 4.25. The maximum atomic E-state index is 12.5. The average molecular weight is 401 g/mol. The number of nitrogens with one attached hydrogen (secondary N) is 1. The second-order valence-corrected chi connectivity index (χ2v) is 8.09. The largest absolute Gasteiger partial charge is 0.452 e. The highest BCUT2D eigenvalue weighted by Gasteiger charge is 2.25. The van der Waals surface area contributed by atoms with Crippen LogP contribution in [0.2, 0.25) is 0 Å². The van der Waals surface area contributed by atoms with Crippen molar-refractivity contribution in [3.63, 3.8) is 0 Å². The second kappa shape index (κ2) is 8.57. The van der Waals surface area contributed by atoms with Gasteiger partial charge in [0.25, 0.3) is 5.91 Å². The smallest absolute Gasteiger partial charge is 0.311 e. The number of amides is 1. The molecule has 1 aliphatic carbocycles. The summed E-state index contributed by atoms with van der Waals surface area (Å²) in [5, 5.41) is 16.7. The topological polar surface area (TPSA) is 105 Å². The molecule has 0 radical (unpaired) electrons. The Morgan fingerprint density at radius 3 is 2.75 bits per heavy atom. The fourth-order valence-electron chi connectivity index (χ4n) is 3.35. The van der Waals surface area contributed by atoms with Crippen LogP contribution in [0.4, 0.5) is 5.00 Å². The number of carbonyl (C=O) groups excluding carboxylic acids is 2. The number of carbonyl (C=O) groups is 2. The lowest BCUT2D eigenvalue weighted by molar-refractivity contribution is -0.152. The molecular weight excluding hydrogens is 378 g/mol. The summed E-state index contributed by atoms with van der Waals surface area (Å²) >= 11 is 1.46. The van der Waals surface area contributed by atoms with Crippen molar-refractivity contribution in [3.05, 3.63) is 33.0 Å². The summed E-state index contributed by atoms with van der Waals surface area (Å²) in [7, 11) is 0. The van der Waals surface area contributed by atoms with Crippen LogP contribution in [0.15, 0.2) is 4.52 Å². The van der Waals surface area contributed by atoms with E-state index in [1.807, 2.05) is 0 Å². The Morgan fingerprint density at radius 2 is 2.07 bits per heavy atom. The molecule has 2 heterocycles. The molecule has 0 spiro atoms. The molecule has 0 aliphatic heterocycles. The molecule has 8 heteroatoms. The molecule has 1 aliphatic rings. The maximum Gasteiger partial charge on any atom is 0.311 e. The van der Waals surface area contributed by atoms with E-state index < -0.39 is 18.0 Å². The zero-order chi connectivity index (χ0) is 20.3. The quantitative estimate of drug-likeness (QED) is 0.606. The lowest BCUT2D eigenvalue weighted by atomic mass is 10.1. The van der Waals surface area contributed by atoms with Gasteiger partial charge in [-0.3, -0.25) is 9.59 Å². The highest BCUT2D eigenvalue weighted by Crippen LogP contribution is 2.37. The number of nitrogens with zero attached hydrogens (tertiary/aromatic N) is 2. The molecule has 2 aromatic rings. The van der Waals surface area contributed by atoms with Gasteiger partial charge in [0, 0.05) is 10.4 Å². The van der Waals surface area contributed by atoms with Crippen LogP contribution in [0.25, 0.3) is 0 Å². The van der Waals surface area contributed by atoms with E-state index in [9.17, 15) is 14.9 Å². The standard InChI is InChI=1S/C20H23N3O4S/c1-11-15(12(2)27-23-11)9-18(24)26-13(3)19(25)22-20-16(10-21)14-7-5-4-6-8-17(14)28-20/h13H,4-9H2,1-3H3,(H,22,25). The summed E-state index contributed by atoms with van der Waals surface area (Å²) in [5.74, 6) is -0.412. The van der Waals surface area contributed by atoms with Crippen molar-refractivity contribution < 1.29 is 18.8 Å². The third-order valence-corrected chi connectivity index (χ3v) is 6.16. The lowest BCUT2D eigenvalue weighted by Gasteiger charge is -2.13. The number of fused-ring (bicyclic) bond motifs is 1. The Labute approximate surface area is 167 Å².